The minimum absolute atomic E-state index is 0.747. The number of nitrogens with zero attached hydrogens (tertiary/aromatic N) is 3. The van der Waals surface area contributed by atoms with E-state index in [2.05, 4.69) is 37.0 Å². The van der Waals surface area contributed by atoms with Gasteiger partial charge >= 0.3 is 145 Å². The van der Waals surface area contributed by atoms with Crippen LogP contribution in [0.4, 0.5) is 4.39 Å². The van der Waals surface area contributed by atoms with Crippen molar-refractivity contribution in [3.8, 4) is 0 Å². The van der Waals surface area contributed by atoms with Crippen molar-refractivity contribution < 1.29 is 59.8 Å². The molecule has 0 aliphatic carbocycles. The number of phosphoric acid groups is 2. The van der Waals surface area contributed by atoms with E-state index in [9.17, 15) is 23.3 Å². The molecule has 5 atom stereocenters. The van der Waals surface area contributed by atoms with Gasteiger partial charge in [0.05, 0.1) is 0 Å². The zero-order valence-electron chi connectivity index (χ0n) is 13.1. The average molecular weight is 443 g/mol. The van der Waals surface area contributed by atoms with Gasteiger partial charge in [-0.05, 0) is 0 Å². The second kappa shape index (κ2) is 7.23. The summed E-state index contributed by atoms with van der Waals surface area (Å²) in [5.74, 6) is 0. The Morgan fingerprint density at radius 1 is 1.50 bits per heavy atom. The van der Waals surface area contributed by atoms with Crippen LogP contribution in [0.15, 0.2) is 5.28 Å². The first-order valence-corrected chi connectivity index (χ1v) is 11.5. The fourth-order valence-corrected chi connectivity index (χ4v) is 7.64. The van der Waals surface area contributed by atoms with Crippen LogP contribution in [0, 0.1) is 0 Å². The van der Waals surface area contributed by atoms with E-state index >= 15 is 0 Å². The van der Waals surface area contributed by atoms with Crippen molar-refractivity contribution >= 4 is 31.2 Å². The summed E-state index contributed by atoms with van der Waals surface area (Å²) in [6.07, 6.45) is -4.48. The molecule has 0 aromatic rings. The maximum atomic E-state index is 13.9. The van der Waals surface area contributed by atoms with Crippen LogP contribution < -0.4 is 0 Å². The monoisotopic (exact) mass is 443 g/mol. The van der Waals surface area contributed by atoms with E-state index in [-0.39, 0.29) is 0 Å². The molecule has 2 aliphatic heterocycles. The SMILES string of the molecule is B[C@@H]1O[C@H](COP2(O)(O)OP(=O)(OP(=O)(O)OC)O2)C(ON=[N+]=[N-])[C@@H]1F. The van der Waals surface area contributed by atoms with Crippen LogP contribution in [0.3, 0.4) is 0 Å². The van der Waals surface area contributed by atoms with E-state index in [4.69, 9.17) is 15.2 Å². The molecule has 0 bridgehead atoms. The maximum absolute atomic E-state index is 13.9. The van der Waals surface area contributed by atoms with E-state index in [0.29, 0.717) is 0 Å². The van der Waals surface area contributed by atoms with Crippen molar-refractivity contribution in [3.63, 3.8) is 0 Å². The molecule has 2 unspecified atom stereocenters. The van der Waals surface area contributed by atoms with Crippen molar-refractivity contribution in [1.29, 1.82) is 0 Å². The minimum atomic E-state index is -5.93. The van der Waals surface area contributed by atoms with Crippen LogP contribution >= 0.6 is 23.4 Å². The Hall–Kier alpha value is -0.365. The Morgan fingerprint density at radius 2 is 2.12 bits per heavy atom. The van der Waals surface area contributed by atoms with Crippen LogP contribution in [-0.4, -0.2) is 60.6 Å². The van der Waals surface area contributed by atoms with Gasteiger partial charge in [-0.25, -0.2) is 0 Å². The molecule has 3 N–H and O–H groups in total. The Morgan fingerprint density at radius 3 is 2.65 bits per heavy atom. The molecule has 2 rings (SSSR count). The molecular formula is C6H14BFN3O12P3. The van der Waals surface area contributed by atoms with Crippen molar-refractivity contribution in [2.24, 2.45) is 5.28 Å². The van der Waals surface area contributed by atoms with E-state index in [1.165, 1.54) is 7.85 Å². The van der Waals surface area contributed by atoms with E-state index in [1.807, 2.05) is 0 Å². The van der Waals surface area contributed by atoms with E-state index < -0.39 is 54.4 Å². The number of azide groups is 1. The first kappa shape index (κ1) is 21.9. The van der Waals surface area contributed by atoms with Crippen LogP contribution in [0.5, 0.6) is 0 Å². The average Bonchev–Trinajstić information content (AvgIpc) is 2.75. The van der Waals surface area contributed by atoms with E-state index in [1.54, 1.807) is 0 Å². The number of rotatable bonds is 8. The Balaban J connectivity index is 1.99. The summed E-state index contributed by atoms with van der Waals surface area (Å²) in [7, 11) is -13.5. The van der Waals surface area contributed by atoms with E-state index in [0.717, 1.165) is 7.11 Å². The molecule has 0 aromatic heterocycles. The molecule has 2 heterocycles. The van der Waals surface area contributed by atoms with Gasteiger partial charge in [0.15, 0.2) is 0 Å². The number of hydrogen-bond acceptors (Lipinski definition) is 12. The zero-order valence-corrected chi connectivity index (χ0v) is 15.8. The summed E-state index contributed by atoms with van der Waals surface area (Å²) in [5.41, 5.74) is 8.21. The summed E-state index contributed by atoms with van der Waals surface area (Å²) in [4.78, 5) is 35.5. The molecule has 15 nitrogen and oxygen atoms in total. The molecule has 2 saturated heterocycles. The van der Waals surface area contributed by atoms with Crippen molar-refractivity contribution in [3.05, 3.63) is 10.4 Å². The second-order valence-electron chi connectivity index (χ2n) is 5.01. The van der Waals surface area contributed by atoms with Crippen LogP contribution in [0.2, 0.25) is 0 Å². The Labute approximate surface area is 145 Å². The molecule has 0 aromatic carbocycles. The molecular weight excluding hydrogens is 429 g/mol. The topological polar surface area (TPSA) is 208 Å². The van der Waals surface area contributed by atoms with Crippen molar-refractivity contribution in [2.75, 3.05) is 13.7 Å². The van der Waals surface area contributed by atoms with Gasteiger partial charge in [0.25, 0.3) is 0 Å². The molecule has 150 valence electrons. The number of alkyl halides is 1. The molecule has 0 saturated carbocycles. The number of ether oxygens (including phenoxy) is 1. The van der Waals surface area contributed by atoms with Gasteiger partial charge in [0.1, 0.15) is 0 Å². The van der Waals surface area contributed by atoms with Gasteiger partial charge < -0.3 is 0 Å². The second-order valence-corrected chi connectivity index (χ2v) is 11.0. The molecule has 20 heteroatoms. The summed E-state index contributed by atoms with van der Waals surface area (Å²) in [6.45, 7) is -0.817. The quantitative estimate of drug-likeness (QED) is 0.116. The molecule has 2 fully saturated rings. The predicted molar refractivity (Wildman–Crippen MR) is 81.1 cm³/mol. The van der Waals surface area contributed by atoms with Gasteiger partial charge in [-0.1, -0.05) is 0 Å². The summed E-state index contributed by atoms with van der Waals surface area (Å²) in [5, 5.41) is 2.75. The standard InChI is InChI=1S/C6H14BFN3O12P3/c1-17-24(12,13)21-25(14)22-26(15,16,23-25)18-2-3-5(20-11-10-9)4(8)6(7)19-3/h3-6,15-16H,2,7H2,1H3,(H,12,13)/t3-,4+,5?,6-/m1/s1. The third kappa shape index (κ3) is 4.92. The zero-order chi connectivity index (χ0) is 19.8. The third-order valence-corrected chi connectivity index (χ3v) is 9.61. The van der Waals surface area contributed by atoms with Crippen molar-refractivity contribution in [1.82, 2.24) is 0 Å². The molecule has 26 heavy (non-hydrogen) atoms. The molecule has 0 amide bonds. The summed E-state index contributed by atoms with van der Waals surface area (Å²) >= 11 is 0. The molecule has 0 spiro atoms. The van der Waals surface area contributed by atoms with Gasteiger partial charge in [0.2, 0.25) is 0 Å². The Kier molecular flexibility index (Phi) is 6.10. The van der Waals surface area contributed by atoms with Gasteiger partial charge in [0, 0.05) is 0 Å². The summed E-state index contributed by atoms with van der Waals surface area (Å²) in [6, 6.07) is -1.01. The fraction of sp³-hybridized carbons (Fsp3) is 1.00. The Bertz CT molecular complexity index is 692. The van der Waals surface area contributed by atoms with Crippen molar-refractivity contribution in [2.45, 2.75) is 24.4 Å². The predicted octanol–water partition coefficient (Wildman–Crippen LogP) is 0.341. The van der Waals surface area contributed by atoms with Gasteiger partial charge in [-0.2, -0.15) is 0 Å². The number of phosphoric ester groups is 1. The van der Waals surface area contributed by atoms with Crippen LogP contribution in [0.25, 0.3) is 10.4 Å². The number of hydrogen-bond donors (Lipinski definition) is 3. The number of halogens is 1. The third-order valence-electron chi connectivity index (χ3n) is 3.10. The molecule has 2 aliphatic rings. The molecule has 0 radical (unpaired) electrons. The van der Waals surface area contributed by atoms with Gasteiger partial charge in [-0.15, -0.1) is 0 Å². The first-order valence-electron chi connectivity index (χ1n) is 6.62. The fourth-order valence-electron chi connectivity index (χ4n) is 2.02. The first-order chi connectivity index (χ1) is 11.8. The summed E-state index contributed by atoms with van der Waals surface area (Å²) < 4.78 is 63.0. The van der Waals surface area contributed by atoms with Gasteiger partial charge in [-0.3, -0.25) is 0 Å². The van der Waals surface area contributed by atoms with Crippen LogP contribution in [-0.2, 0) is 40.7 Å². The normalized spacial score (nSPS) is 41.7. The van der Waals surface area contributed by atoms with Crippen LogP contribution in [0.1, 0.15) is 0 Å².